The fraction of sp³-hybridized carbons (Fsp3) is 0.300. The molecule has 1 N–H and O–H groups in total. The Hall–Kier alpha value is -2.44. The van der Waals surface area contributed by atoms with Crippen LogP contribution in [0.2, 0.25) is 5.02 Å². The zero-order valence-corrected chi connectivity index (χ0v) is 16.3. The number of amides is 2. The summed E-state index contributed by atoms with van der Waals surface area (Å²) in [6, 6.07) is 12.4. The van der Waals surface area contributed by atoms with Crippen LogP contribution in [-0.4, -0.2) is 48.3 Å². The van der Waals surface area contributed by atoms with Gasteiger partial charge in [-0.3, -0.25) is 14.5 Å². The number of nitrogens with zero attached hydrogens (tertiary/aromatic N) is 2. The molecule has 0 saturated carbocycles. The number of carbonyl (C=O) groups is 2. The lowest BCUT2D eigenvalue weighted by atomic mass is 10.2. The van der Waals surface area contributed by atoms with Gasteiger partial charge in [-0.05, 0) is 55.9 Å². The van der Waals surface area contributed by atoms with E-state index in [1.165, 1.54) is 17.0 Å². The quantitative estimate of drug-likeness (QED) is 0.787. The molecule has 2 amide bonds. The summed E-state index contributed by atoms with van der Waals surface area (Å²) in [6.07, 6.45) is 0. The van der Waals surface area contributed by atoms with Crippen molar-refractivity contribution in [1.29, 1.82) is 0 Å². The number of likely N-dealkylation sites (N-methyl/N-ethyl adjacent to an activating group) is 2. The standard InChI is InChI=1S/C20H23ClFN3O2/c1-14(20(27)25(3)12-15-5-4-6-17(22)11-15)24(2)13-19(26)23-18-9-7-16(21)8-10-18/h4-11,14H,12-13H2,1-3H3,(H,23,26). The predicted octanol–water partition coefficient (Wildman–Crippen LogP) is 3.40. The minimum Gasteiger partial charge on any atom is -0.340 e. The van der Waals surface area contributed by atoms with Crippen molar-refractivity contribution < 1.29 is 14.0 Å². The molecule has 2 aromatic rings. The van der Waals surface area contributed by atoms with E-state index in [4.69, 9.17) is 11.6 Å². The van der Waals surface area contributed by atoms with Crippen molar-refractivity contribution in [2.24, 2.45) is 0 Å². The molecule has 144 valence electrons. The first-order chi connectivity index (χ1) is 12.8. The summed E-state index contributed by atoms with van der Waals surface area (Å²) >= 11 is 5.82. The topological polar surface area (TPSA) is 52.7 Å². The highest BCUT2D eigenvalue weighted by Crippen LogP contribution is 2.13. The van der Waals surface area contributed by atoms with Crippen molar-refractivity contribution in [3.8, 4) is 0 Å². The summed E-state index contributed by atoms with van der Waals surface area (Å²) < 4.78 is 13.3. The second-order valence-electron chi connectivity index (χ2n) is 6.47. The van der Waals surface area contributed by atoms with Crippen molar-refractivity contribution in [3.05, 3.63) is 64.9 Å². The zero-order chi connectivity index (χ0) is 20.0. The lowest BCUT2D eigenvalue weighted by Crippen LogP contribution is -2.46. The number of benzene rings is 2. The molecule has 1 unspecified atom stereocenters. The highest BCUT2D eigenvalue weighted by Gasteiger charge is 2.23. The third-order valence-corrected chi connectivity index (χ3v) is 4.48. The molecule has 0 aromatic heterocycles. The van der Waals surface area contributed by atoms with Crippen molar-refractivity contribution in [2.45, 2.75) is 19.5 Å². The van der Waals surface area contributed by atoms with Gasteiger partial charge in [0.05, 0.1) is 12.6 Å². The molecular weight excluding hydrogens is 369 g/mol. The summed E-state index contributed by atoms with van der Waals surface area (Å²) in [5.74, 6) is -0.717. The van der Waals surface area contributed by atoms with E-state index in [-0.39, 0.29) is 24.2 Å². The highest BCUT2D eigenvalue weighted by molar-refractivity contribution is 6.30. The molecule has 0 bridgehead atoms. The van der Waals surface area contributed by atoms with E-state index in [9.17, 15) is 14.0 Å². The Labute approximate surface area is 163 Å². The van der Waals surface area contributed by atoms with Gasteiger partial charge in [0.25, 0.3) is 0 Å². The summed E-state index contributed by atoms with van der Waals surface area (Å²) in [5.41, 5.74) is 1.35. The van der Waals surface area contributed by atoms with Gasteiger partial charge in [0.15, 0.2) is 0 Å². The Morgan fingerprint density at radius 1 is 1.15 bits per heavy atom. The van der Waals surface area contributed by atoms with Crippen LogP contribution in [0.5, 0.6) is 0 Å². The van der Waals surface area contributed by atoms with Crippen LogP contribution >= 0.6 is 11.6 Å². The Bertz CT molecular complexity index is 798. The van der Waals surface area contributed by atoms with Gasteiger partial charge in [-0.1, -0.05) is 23.7 Å². The Morgan fingerprint density at radius 2 is 1.81 bits per heavy atom. The van der Waals surface area contributed by atoms with E-state index in [0.717, 1.165) is 0 Å². The maximum atomic E-state index is 13.3. The molecule has 0 saturated heterocycles. The number of nitrogens with one attached hydrogen (secondary N) is 1. The van der Waals surface area contributed by atoms with Crippen LogP contribution < -0.4 is 5.32 Å². The molecule has 0 spiro atoms. The Kier molecular flexibility index (Phi) is 7.33. The van der Waals surface area contributed by atoms with E-state index in [2.05, 4.69) is 5.32 Å². The van der Waals surface area contributed by atoms with Gasteiger partial charge in [-0.15, -0.1) is 0 Å². The molecule has 0 fully saturated rings. The summed E-state index contributed by atoms with van der Waals surface area (Å²) in [7, 11) is 3.37. The number of hydrogen-bond acceptors (Lipinski definition) is 3. The summed E-state index contributed by atoms with van der Waals surface area (Å²) in [6.45, 7) is 2.09. The van der Waals surface area contributed by atoms with Gasteiger partial charge in [-0.25, -0.2) is 4.39 Å². The largest absolute Gasteiger partial charge is 0.340 e. The van der Waals surface area contributed by atoms with Gasteiger partial charge in [0.2, 0.25) is 11.8 Å². The second kappa shape index (κ2) is 9.48. The lowest BCUT2D eigenvalue weighted by molar-refractivity contribution is -0.135. The van der Waals surface area contributed by atoms with E-state index >= 15 is 0 Å². The smallest absolute Gasteiger partial charge is 0.239 e. The maximum absolute atomic E-state index is 13.3. The third-order valence-electron chi connectivity index (χ3n) is 4.22. The molecule has 5 nitrogen and oxygen atoms in total. The normalized spacial score (nSPS) is 11.9. The van der Waals surface area contributed by atoms with Crippen LogP contribution in [0.15, 0.2) is 48.5 Å². The van der Waals surface area contributed by atoms with Crippen molar-refractivity contribution in [2.75, 3.05) is 26.0 Å². The van der Waals surface area contributed by atoms with E-state index in [0.29, 0.717) is 22.8 Å². The van der Waals surface area contributed by atoms with Gasteiger partial charge in [0.1, 0.15) is 5.82 Å². The zero-order valence-electron chi connectivity index (χ0n) is 15.6. The minimum absolute atomic E-state index is 0.0589. The first-order valence-electron chi connectivity index (χ1n) is 8.51. The monoisotopic (exact) mass is 391 g/mol. The second-order valence-corrected chi connectivity index (χ2v) is 6.91. The van der Waals surface area contributed by atoms with Gasteiger partial charge in [-0.2, -0.15) is 0 Å². The average Bonchev–Trinajstić information content (AvgIpc) is 2.62. The molecule has 1 atom stereocenters. The maximum Gasteiger partial charge on any atom is 0.239 e. The molecule has 0 heterocycles. The number of anilines is 1. The van der Waals surface area contributed by atoms with Gasteiger partial charge >= 0.3 is 0 Å². The van der Waals surface area contributed by atoms with Crippen LogP contribution in [0.3, 0.4) is 0 Å². The molecule has 0 radical (unpaired) electrons. The summed E-state index contributed by atoms with van der Waals surface area (Å²) in [4.78, 5) is 28.0. The SMILES string of the molecule is CC(C(=O)N(C)Cc1cccc(F)c1)N(C)CC(=O)Nc1ccc(Cl)cc1. The fourth-order valence-electron chi connectivity index (χ4n) is 2.59. The van der Waals surface area contributed by atoms with E-state index < -0.39 is 6.04 Å². The van der Waals surface area contributed by atoms with Crippen molar-refractivity contribution >= 4 is 29.1 Å². The fourth-order valence-corrected chi connectivity index (χ4v) is 2.72. The molecule has 7 heteroatoms. The van der Waals surface area contributed by atoms with Gasteiger partial charge in [0, 0.05) is 24.3 Å². The van der Waals surface area contributed by atoms with E-state index in [1.807, 2.05) is 0 Å². The van der Waals surface area contributed by atoms with Crippen LogP contribution in [0.1, 0.15) is 12.5 Å². The van der Waals surface area contributed by atoms with Crippen molar-refractivity contribution in [3.63, 3.8) is 0 Å². The molecule has 0 aliphatic heterocycles. The molecule has 2 aromatic carbocycles. The number of rotatable bonds is 7. The van der Waals surface area contributed by atoms with E-state index in [1.54, 1.807) is 62.3 Å². The molecule has 0 aliphatic carbocycles. The van der Waals surface area contributed by atoms with Crippen LogP contribution in [0.25, 0.3) is 0 Å². The summed E-state index contributed by atoms with van der Waals surface area (Å²) in [5, 5.41) is 3.35. The van der Waals surface area contributed by atoms with Crippen LogP contribution in [0.4, 0.5) is 10.1 Å². The third kappa shape index (κ3) is 6.34. The Morgan fingerprint density at radius 3 is 2.44 bits per heavy atom. The van der Waals surface area contributed by atoms with Gasteiger partial charge < -0.3 is 10.2 Å². The first kappa shape index (κ1) is 20.9. The molecule has 27 heavy (non-hydrogen) atoms. The first-order valence-corrected chi connectivity index (χ1v) is 8.89. The number of carbonyl (C=O) groups excluding carboxylic acids is 2. The van der Waals surface area contributed by atoms with Crippen LogP contribution in [-0.2, 0) is 16.1 Å². The molecule has 2 rings (SSSR count). The highest BCUT2D eigenvalue weighted by atomic mass is 35.5. The van der Waals surface area contributed by atoms with Crippen molar-refractivity contribution in [1.82, 2.24) is 9.80 Å². The predicted molar refractivity (Wildman–Crippen MR) is 105 cm³/mol. The minimum atomic E-state index is -0.500. The van der Waals surface area contributed by atoms with Crippen LogP contribution in [0, 0.1) is 5.82 Å². The number of hydrogen-bond donors (Lipinski definition) is 1. The number of halogens is 2. The lowest BCUT2D eigenvalue weighted by Gasteiger charge is -2.28. The average molecular weight is 392 g/mol. The Balaban J connectivity index is 1.88. The molecular formula is C20H23ClFN3O2. The molecule has 0 aliphatic rings.